The number of nitrogens with one attached hydrogen (secondary N) is 1. The lowest BCUT2D eigenvalue weighted by Gasteiger charge is -2.34. The smallest absolute Gasteiger partial charge is 0.287 e. The Labute approximate surface area is 204 Å². The van der Waals surface area contributed by atoms with Crippen LogP contribution in [0.25, 0.3) is 11.0 Å². The summed E-state index contributed by atoms with van der Waals surface area (Å²) in [6, 6.07) is 2.95. The maximum absolute atomic E-state index is 13.0. The molecule has 4 rings (SSSR count). The number of hydrogen-bond donors (Lipinski definition) is 1. The molecule has 0 bridgehead atoms. The molecule has 1 amide bonds. The molecular formula is C22H24ClF2N5O3S. The number of aryl methyl sites for hydroxylation is 2. The number of pyridine rings is 2. The van der Waals surface area contributed by atoms with E-state index in [-0.39, 0.29) is 39.8 Å². The Bertz CT molecular complexity index is 1220. The Balaban J connectivity index is 1.62. The normalized spacial score (nSPS) is 15.5. The summed E-state index contributed by atoms with van der Waals surface area (Å²) in [5, 5.41) is 3.35. The highest BCUT2D eigenvalue weighted by Crippen LogP contribution is 2.33. The van der Waals surface area contributed by atoms with E-state index in [4.69, 9.17) is 21.1 Å². The number of alkyl halides is 2. The summed E-state index contributed by atoms with van der Waals surface area (Å²) in [5.74, 6) is 2.08. The number of fused-ring (bicyclic) bond motifs is 1. The molecule has 34 heavy (non-hydrogen) atoms. The van der Waals surface area contributed by atoms with E-state index in [0.29, 0.717) is 16.7 Å². The van der Waals surface area contributed by atoms with Gasteiger partial charge >= 0.3 is 0 Å². The molecule has 0 spiro atoms. The van der Waals surface area contributed by atoms with E-state index in [2.05, 4.69) is 27.2 Å². The summed E-state index contributed by atoms with van der Waals surface area (Å²) < 4.78 is 37.8. The molecule has 0 saturated carbocycles. The van der Waals surface area contributed by atoms with Crippen molar-refractivity contribution in [3.8, 4) is 17.5 Å². The Morgan fingerprint density at radius 2 is 2.06 bits per heavy atom. The topological polar surface area (TPSA) is 91.2 Å². The fourth-order valence-corrected chi connectivity index (χ4v) is 5.22. The summed E-state index contributed by atoms with van der Waals surface area (Å²) in [7, 11) is 1.74. The lowest BCUT2D eigenvalue weighted by atomic mass is 9.95. The van der Waals surface area contributed by atoms with Crippen LogP contribution < -0.4 is 14.8 Å². The highest BCUT2D eigenvalue weighted by atomic mass is 35.5. The van der Waals surface area contributed by atoms with Crippen LogP contribution in [-0.2, 0) is 7.05 Å². The SMILES string of the molecule is Cc1nc(Oc2ncc(Cl)cc2OCC(F)F)cc2c1nc(C(=O)NC1(C)CCSCC1)n2C. The van der Waals surface area contributed by atoms with Crippen molar-refractivity contribution < 1.29 is 23.0 Å². The van der Waals surface area contributed by atoms with Gasteiger partial charge < -0.3 is 19.4 Å². The highest BCUT2D eigenvalue weighted by Gasteiger charge is 2.31. The van der Waals surface area contributed by atoms with Gasteiger partial charge in [-0.2, -0.15) is 11.8 Å². The van der Waals surface area contributed by atoms with Crippen molar-refractivity contribution in [1.29, 1.82) is 0 Å². The Hall–Kier alpha value is -2.66. The van der Waals surface area contributed by atoms with E-state index in [9.17, 15) is 13.6 Å². The maximum atomic E-state index is 13.0. The van der Waals surface area contributed by atoms with E-state index in [1.807, 2.05) is 11.8 Å². The summed E-state index contributed by atoms with van der Waals surface area (Å²) in [6.07, 6.45) is 0.442. The minimum absolute atomic E-state index is 0.0312. The Morgan fingerprint density at radius 1 is 1.32 bits per heavy atom. The molecule has 12 heteroatoms. The first-order valence-electron chi connectivity index (χ1n) is 10.6. The number of carbonyl (C=O) groups is 1. The van der Waals surface area contributed by atoms with Crippen LogP contribution in [0.15, 0.2) is 18.3 Å². The molecule has 1 N–H and O–H groups in total. The van der Waals surface area contributed by atoms with Crippen LogP contribution in [0.2, 0.25) is 5.02 Å². The third-order valence-electron chi connectivity index (χ3n) is 5.59. The first kappa shape index (κ1) is 24.5. The first-order valence-corrected chi connectivity index (χ1v) is 12.2. The second-order valence-corrected chi connectivity index (χ2v) is 9.96. The van der Waals surface area contributed by atoms with E-state index >= 15 is 0 Å². The van der Waals surface area contributed by atoms with Crippen molar-refractivity contribution in [2.45, 2.75) is 38.7 Å². The summed E-state index contributed by atoms with van der Waals surface area (Å²) in [5.41, 5.74) is 1.45. The quantitative estimate of drug-likeness (QED) is 0.488. The van der Waals surface area contributed by atoms with E-state index in [0.717, 1.165) is 24.3 Å². The Kier molecular flexibility index (Phi) is 7.13. The molecule has 8 nitrogen and oxygen atoms in total. The third-order valence-corrected chi connectivity index (χ3v) is 6.78. The first-order chi connectivity index (χ1) is 16.1. The van der Waals surface area contributed by atoms with Gasteiger partial charge in [0.15, 0.2) is 11.6 Å². The predicted molar refractivity (Wildman–Crippen MR) is 126 cm³/mol. The zero-order valence-electron chi connectivity index (χ0n) is 18.9. The van der Waals surface area contributed by atoms with Crippen LogP contribution in [0.5, 0.6) is 17.5 Å². The van der Waals surface area contributed by atoms with Crippen molar-refractivity contribution >= 4 is 40.3 Å². The molecule has 1 aliphatic rings. The maximum Gasteiger partial charge on any atom is 0.287 e. The van der Waals surface area contributed by atoms with Gasteiger partial charge in [-0.3, -0.25) is 4.79 Å². The molecule has 1 fully saturated rings. The fourth-order valence-electron chi connectivity index (χ4n) is 3.68. The number of hydrogen-bond acceptors (Lipinski definition) is 7. The van der Waals surface area contributed by atoms with Gasteiger partial charge in [-0.05, 0) is 38.2 Å². The number of carbonyl (C=O) groups excluding carboxylic acids is 1. The second-order valence-electron chi connectivity index (χ2n) is 8.30. The van der Waals surface area contributed by atoms with Gasteiger partial charge in [0.2, 0.25) is 5.88 Å². The zero-order chi connectivity index (χ0) is 24.5. The molecule has 0 aliphatic carbocycles. The van der Waals surface area contributed by atoms with Crippen molar-refractivity contribution in [1.82, 2.24) is 24.8 Å². The lowest BCUT2D eigenvalue weighted by molar-refractivity contribution is 0.0803. The third kappa shape index (κ3) is 5.35. The monoisotopic (exact) mass is 511 g/mol. The highest BCUT2D eigenvalue weighted by molar-refractivity contribution is 7.99. The summed E-state index contributed by atoms with van der Waals surface area (Å²) >= 11 is 7.80. The largest absolute Gasteiger partial charge is 0.482 e. The van der Waals surface area contributed by atoms with Gasteiger partial charge in [0.25, 0.3) is 18.2 Å². The van der Waals surface area contributed by atoms with Crippen LogP contribution >= 0.6 is 23.4 Å². The summed E-state index contributed by atoms with van der Waals surface area (Å²) in [4.78, 5) is 26.0. The molecule has 4 heterocycles. The van der Waals surface area contributed by atoms with Gasteiger partial charge in [-0.15, -0.1) is 0 Å². The van der Waals surface area contributed by atoms with Crippen LogP contribution in [0.3, 0.4) is 0 Å². The zero-order valence-corrected chi connectivity index (χ0v) is 20.5. The summed E-state index contributed by atoms with van der Waals surface area (Å²) in [6.45, 7) is 2.97. The van der Waals surface area contributed by atoms with Gasteiger partial charge in [0, 0.05) is 30.9 Å². The number of aromatic nitrogens is 4. The van der Waals surface area contributed by atoms with Crippen molar-refractivity contribution in [3.05, 3.63) is 34.9 Å². The van der Waals surface area contributed by atoms with Crippen molar-refractivity contribution in [3.63, 3.8) is 0 Å². The number of ether oxygens (including phenoxy) is 2. The van der Waals surface area contributed by atoms with Crippen molar-refractivity contribution in [2.24, 2.45) is 7.05 Å². The molecule has 1 saturated heterocycles. The van der Waals surface area contributed by atoms with Gasteiger partial charge in [-0.25, -0.2) is 23.7 Å². The number of thioether (sulfide) groups is 1. The number of amides is 1. The predicted octanol–water partition coefficient (Wildman–Crippen LogP) is 4.78. The van der Waals surface area contributed by atoms with Gasteiger partial charge in [0.05, 0.1) is 16.2 Å². The van der Waals surface area contributed by atoms with E-state index in [1.54, 1.807) is 24.6 Å². The molecule has 0 unspecified atom stereocenters. The molecule has 0 radical (unpaired) electrons. The molecule has 1 aliphatic heterocycles. The Morgan fingerprint density at radius 3 is 2.76 bits per heavy atom. The number of nitrogens with zero attached hydrogens (tertiary/aromatic N) is 4. The van der Waals surface area contributed by atoms with E-state index in [1.165, 1.54) is 12.3 Å². The number of imidazole rings is 1. The number of halogens is 3. The van der Waals surface area contributed by atoms with Crippen LogP contribution in [0, 0.1) is 6.92 Å². The molecule has 0 atom stereocenters. The fraction of sp³-hybridized carbons (Fsp3) is 0.455. The lowest BCUT2D eigenvalue weighted by Crippen LogP contribution is -2.48. The average molecular weight is 512 g/mol. The minimum atomic E-state index is -2.67. The second kappa shape index (κ2) is 9.91. The molecule has 3 aromatic heterocycles. The molecular weight excluding hydrogens is 488 g/mol. The minimum Gasteiger partial charge on any atom is -0.482 e. The van der Waals surface area contributed by atoms with Gasteiger partial charge in [-0.1, -0.05) is 11.6 Å². The molecule has 3 aromatic rings. The van der Waals surface area contributed by atoms with Crippen LogP contribution in [-0.4, -0.2) is 55.5 Å². The average Bonchev–Trinajstić information content (AvgIpc) is 3.11. The van der Waals surface area contributed by atoms with Gasteiger partial charge in [0.1, 0.15) is 12.1 Å². The van der Waals surface area contributed by atoms with Crippen LogP contribution in [0.4, 0.5) is 8.78 Å². The van der Waals surface area contributed by atoms with Crippen molar-refractivity contribution in [2.75, 3.05) is 18.1 Å². The van der Waals surface area contributed by atoms with E-state index < -0.39 is 13.0 Å². The molecule has 182 valence electrons. The molecule has 0 aromatic carbocycles. The standard InChI is InChI=1S/C22H24ClF2N5O3S/c1-12-18-14(30(3)19(28-18)20(31)29-22(2)4-6-34-7-5-22)9-17(27-12)33-21-15(32-11-16(24)25)8-13(23)10-26-21/h8-10,16H,4-7,11H2,1-3H3,(H,29,31). The van der Waals surface area contributed by atoms with Crippen LogP contribution in [0.1, 0.15) is 36.1 Å². The number of rotatable bonds is 7.